The maximum atomic E-state index is 12.4. The molecule has 8 nitrogen and oxygen atoms in total. The summed E-state index contributed by atoms with van der Waals surface area (Å²) < 4.78 is 3.55. The summed E-state index contributed by atoms with van der Waals surface area (Å²) in [6.45, 7) is -0.262. The number of nitrogens with one attached hydrogen (secondary N) is 2. The zero-order valence-electron chi connectivity index (χ0n) is 13.2. The molecule has 128 valence electrons. The van der Waals surface area contributed by atoms with E-state index in [1.807, 2.05) is 0 Å². The number of carbonyl (C=O) groups is 2. The second kappa shape index (κ2) is 6.89. The number of fused-ring (bicyclic) bond motifs is 1. The van der Waals surface area contributed by atoms with Crippen molar-refractivity contribution >= 4 is 38.6 Å². The molecule has 0 bridgehead atoms. The summed E-state index contributed by atoms with van der Waals surface area (Å²) >= 11 is 3.30. The topological polar surface area (TPSA) is 98.0 Å². The second-order valence-electron chi connectivity index (χ2n) is 5.35. The SMILES string of the molecule is Cn1cccc1C(=O)NNC(=O)Cn1cnc2ccc(Br)cc2c1=O. The molecule has 3 aromatic rings. The Morgan fingerprint density at radius 3 is 2.76 bits per heavy atom. The Morgan fingerprint density at radius 1 is 1.24 bits per heavy atom. The normalized spacial score (nSPS) is 10.6. The van der Waals surface area contributed by atoms with Gasteiger partial charge in [0.2, 0.25) is 0 Å². The van der Waals surface area contributed by atoms with Crippen molar-refractivity contribution in [2.75, 3.05) is 0 Å². The summed E-state index contributed by atoms with van der Waals surface area (Å²) in [6.07, 6.45) is 3.02. The summed E-state index contributed by atoms with van der Waals surface area (Å²) in [6, 6.07) is 8.48. The van der Waals surface area contributed by atoms with Crippen LogP contribution in [0.3, 0.4) is 0 Å². The lowest BCUT2D eigenvalue weighted by Crippen LogP contribution is -2.44. The van der Waals surface area contributed by atoms with Gasteiger partial charge in [0.1, 0.15) is 12.2 Å². The average molecular weight is 404 g/mol. The van der Waals surface area contributed by atoms with Gasteiger partial charge in [-0.2, -0.15) is 0 Å². The van der Waals surface area contributed by atoms with E-state index in [-0.39, 0.29) is 12.1 Å². The van der Waals surface area contributed by atoms with Crippen molar-refractivity contribution in [1.29, 1.82) is 0 Å². The molecule has 0 aliphatic heterocycles. The fourth-order valence-corrected chi connectivity index (χ4v) is 2.69. The standard InChI is InChI=1S/C16H14BrN5O3/c1-21-6-2-3-13(21)15(24)20-19-14(23)8-22-9-18-12-5-4-10(17)7-11(12)16(22)25/h2-7,9H,8H2,1H3,(H,19,23)(H,20,24). The molecule has 0 saturated carbocycles. The molecule has 25 heavy (non-hydrogen) atoms. The predicted octanol–water partition coefficient (Wildman–Crippen LogP) is 0.959. The molecule has 3 rings (SSSR count). The van der Waals surface area contributed by atoms with Gasteiger partial charge in [-0.25, -0.2) is 4.98 Å². The summed E-state index contributed by atoms with van der Waals surface area (Å²) in [5, 5.41) is 0.400. The van der Waals surface area contributed by atoms with E-state index in [1.165, 1.54) is 10.9 Å². The first kappa shape index (κ1) is 16.9. The van der Waals surface area contributed by atoms with Gasteiger partial charge in [-0.3, -0.25) is 29.8 Å². The zero-order valence-corrected chi connectivity index (χ0v) is 14.8. The van der Waals surface area contributed by atoms with Crippen LogP contribution >= 0.6 is 15.9 Å². The molecule has 0 fully saturated rings. The Balaban J connectivity index is 1.70. The predicted molar refractivity (Wildman–Crippen MR) is 94.7 cm³/mol. The van der Waals surface area contributed by atoms with Gasteiger partial charge >= 0.3 is 0 Å². The van der Waals surface area contributed by atoms with Crippen LogP contribution in [0.2, 0.25) is 0 Å². The number of hydrogen-bond acceptors (Lipinski definition) is 4. The summed E-state index contributed by atoms with van der Waals surface area (Å²) in [5.74, 6) is -0.991. The van der Waals surface area contributed by atoms with E-state index in [1.54, 1.807) is 48.1 Å². The number of hydrogen-bond donors (Lipinski definition) is 2. The van der Waals surface area contributed by atoms with Gasteiger partial charge in [0.15, 0.2) is 0 Å². The van der Waals surface area contributed by atoms with E-state index in [0.717, 1.165) is 4.47 Å². The van der Waals surface area contributed by atoms with Crippen LogP contribution in [-0.2, 0) is 18.4 Å². The number of aromatic nitrogens is 3. The van der Waals surface area contributed by atoms with Crippen molar-refractivity contribution in [3.05, 3.63) is 63.4 Å². The van der Waals surface area contributed by atoms with Crippen molar-refractivity contribution in [3.8, 4) is 0 Å². The van der Waals surface area contributed by atoms with Crippen molar-refractivity contribution in [2.24, 2.45) is 7.05 Å². The molecule has 0 radical (unpaired) electrons. The highest BCUT2D eigenvalue weighted by molar-refractivity contribution is 9.10. The van der Waals surface area contributed by atoms with Gasteiger partial charge in [0.25, 0.3) is 17.4 Å². The van der Waals surface area contributed by atoms with E-state index in [0.29, 0.717) is 16.6 Å². The number of nitrogens with zero attached hydrogens (tertiary/aromatic N) is 3. The van der Waals surface area contributed by atoms with E-state index >= 15 is 0 Å². The molecule has 9 heteroatoms. The fraction of sp³-hybridized carbons (Fsp3) is 0.125. The number of halogens is 1. The molecule has 2 N–H and O–H groups in total. The summed E-state index contributed by atoms with van der Waals surface area (Å²) in [5.41, 5.74) is 5.20. The van der Waals surface area contributed by atoms with Gasteiger partial charge in [-0.15, -0.1) is 0 Å². The van der Waals surface area contributed by atoms with E-state index in [9.17, 15) is 14.4 Å². The molecule has 0 unspecified atom stereocenters. The van der Waals surface area contributed by atoms with Crippen LogP contribution in [0.5, 0.6) is 0 Å². The van der Waals surface area contributed by atoms with Gasteiger partial charge < -0.3 is 4.57 Å². The minimum absolute atomic E-state index is 0.262. The largest absolute Gasteiger partial charge is 0.347 e. The first-order chi connectivity index (χ1) is 12.0. The van der Waals surface area contributed by atoms with Crippen LogP contribution in [-0.4, -0.2) is 25.9 Å². The molecular formula is C16H14BrN5O3. The van der Waals surface area contributed by atoms with Crippen LogP contribution in [0.1, 0.15) is 10.5 Å². The maximum absolute atomic E-state index is 12.4. The second-order valence-corrected chi connectivity index (χ2v) is 6.26. The lowest BCUT2D eigenvalue weighted by molar-refractivity contribution is -0.122. The molecule has 0 aliphatic rings. The Hall–Kier alpha value is -2.94. The first-order valence-electron chi connectivity index (χ1n) is 7.31. The van der Waals surface area contributed by atoms with Crippen LogP contribution in [0, 0.1) is 0 Å². The number of amides is 2. The van der Waals surface area contributed by atoms with Crippen LogP contribution in [0.25, 0.3) is 10.9 Å². The van der Waals surface area contributed by atoms with Crippen molar-refractivity contribution in [2.45, 2.75) is 6.54 Å². The van der Waals surface area contributed by atoms with E-state index < -0.39 is 11.8 Å². The number of benzene rings is 1. The highest BCUT2D eigenvalue weighted by Crippen LogP contribution is 2.14. The number of hydrazine groups is 1. The molecule has 0 saturated heterocycles. The van der Waals surface area contributed by atoms with E-state index in [2.05, 4.69) is 31.8 Å². The van der Waals surface area contributed by atoms with Gasteiger partial charge in [0.05, 0.1) is 17.2 Å². The molecule has 0 atom stereocenters. The number of rotatable bonds is 3. The summed E-state index contributed by atoms with van der Waals surface area (Å²) in [7, 11) is 1.72. The lowest BCUT2D eigenvalue weighted by Gasteiger charge is -2.09. The smallest absolute Gasteiger partial charge is 0.286 e. The van der Waals surface area contributed by atoms with E-state index in [4.69, 9.17) is 0 Å². The third-order valence-corrected chi connectivity index (χ3v) is 4.09. The molecule has 1 aromatic carbocycles. The molecule has 2 aromatic heterocycles. The molecule has 0 aliphatic carbocycles. The average Bonchev–Trinajstić information content (AvgIpc) is 3.02. The third-order valence-electron chi connectivity index (χ3n) is 3.59. The quantitative estimate of drug-likeness (QED) is 0.636. The highest BCUT2D eigenvalue weighted by atomic mass is 79.9. The Morgan fingerprint density at radius 2 is 2.04 bits per heavy atom. The Labute approximate surface area is 150 Å². The van der Waals surface area contributed by atoms with Crippen molar-refractivity contribution < 1.29 is 9.59 Å². The van der Waals surface area contributed by atoms with Crippen molar-refractivity contribution in [3.63, 3.8) is 0 Å². The molecule has 0 spiro atoms. The minimum Gasteiger partial charge on any atom is -0.347 e. The highest BCUT2D eigenvalue weighted by Gasteiger charge is 2.12. The first-order valence-corrected chi connectivity index (χ1v) is 8.10. The summed E-state index contributed by atoms with van der Waals surface area (Å²) in [4.78, 5) is 40.5. The molecular weight excluding hydrogens is 390 g/mol. The maximum Gasteiger partial charge on any atom is 0.286 e. The minimum atomic E-state index is -0.541. The number of carbonyl (C=O) groups excluding carboxylic acids is 2. The third kappa shape index (κ3) is 3.61. The number of aryl methyl sites for hydroxylation is 1. The Kier molecular flexibility index (Phi) is 4.66. The van der Waals surface area contributed by atoms with Crippen LogP contribution in [0.15, 0.2) is 52.1 Å². The monoisotopic (exact) mass is 403 g/mol. The van der Waals surface area contributed by atoms with Gasteiger partial charge in [-0.1, -0.05) is 15.9 Å². The van der Waals surface area contributed by atoms with Crippen LogP contribution < -0.4 is 16.4 Å². The molecule has 2 heterocycles. The fourth-order valence-electron chi connectivity index (χ4n) is 2.33. The Bertz CT molecular complexity index is 1020. The zero-order chi connectivity index (χ0) is 18.0. The van der Waals surface area contributed by atoms with Gasteiger partial charge in [0, 0.05) is 17.7 Å². The van der Waals surface area contributed by atoms with Crippen molar-refractivity contribution in [1.82, 2.24) is 25.0 Å². The lowest BCUT2D eigenvalue weighted by atomic mass is 10.2. The van der Waals surface area contributed by atoms with Crippen LogP contribution in [0.4, 0.5) is 0 Å². The molecule has 2 amide bonds. The van der Waals surface area contributed by atoms with Gasteiger partial charge in [-0.05, 0) is 30.3 Å².